The van der Waals surface area contributed by atoms with Crippen molar-refractivity contribution in [2.75, 3.05) is 13.7 Å². The molecule has 1 aliphatic carbocycles. The maximum atomic E-state index is 11.8. The second kappa shape index (κ2) is 6.74. The molecule has 6 nitrogen and oxygen atoms in total. The molecule has 1 N–H and O–H groups in total. The molecule has 112 valence electrons. The molecule has 0 spiro atoms. The molecule has 1 atom stereocenters. The highest BCUT2D eigenvalue weighted by Gasteiger charge is 2.36. The maximum Gasteiger partial charge on any atom is 0.321 e. The molecule has 0 bridgehead atoms. The van der Waals surface area contributed by atoms with E-state index in [1.54, 1.807) is 18.0 Å². The van der Waals surface area contributed by atoms with Crippen molar-refractivity contribution in [3.8, 4) is 0 Å². The van der Waals surface area contributed by atoms with Gasteiger partial charge in [0.2, 0.25) is 5.91 Å². The van der Waals surface area contributed by atoms with Gasteiger partial charge >= 0.3 is 5.97 Å². The Morgan fingerprint density at radius 2 is 1.95 bits per heavy atom. The van der Waals surface area contributed by atoms with Gasteiger partial charge in [-0.05, 0) is 18.8 Å². The highest BCUT2D eigenvalue weighted by molar-refractivity contribution is 5.75. The van der Waals surface area contributed by atoms with Gasteiger partial charge in [0.15, 0.2) is 0 Å². The SMILES string of the molecule is COC(=O)CNN1C=CN(C(C)=O)C1C1CCCCC1. The molecule has 2 rings (SSSR count). The molecule has 1 amide bonds. The van der Waals surface area contributed by atoms with Crippen LogP contribution in [0.4, 0.5) is 0 Å². The number of nitrogens with one attached hydrogen (secondary N) is 1. The van der Waals surface area contributed by atoms with Gasteiger partial charge in [-0.25, -0.2) is 5.43 Å². The first-order valence-corrected chi connectivity index (χ1v) is 7.19. The van der Waals surface area contributed by atoms with Crippen LogP contribution in [0.15, 0.2) is 12.4 Å². The van der Waals surface area contributed by atoms with Gasteiger partial charge in [-0.3, -0.25) is 19.5 Å². The fourth-order valence-electron chi connectivity index (χ4n) is 3.01. The van der Waals surface area contributed by atoms with Gasteiger partial charge in [-0.15, -0.1) is 0 Å². The minimum Gasteiger partial charge on any atom is -0.468 e. The number of hydrogen-bond donors (Lipinski definition) is 1. The van der Waals surface area contributed by atoms with Crippen molar-refractivity contribution in [1.29, 1.82) is 0 Å². The molecule has 20 heavy (non-hydrogen) atoms. The normalized spacial score (nSPS) is 23.2. The monoisotopic (exact) mass is 281 g/mol. The number of methoxy groups -OCH3 is 1. The Kier molecular flexibility index (Phi) is 5.00. The van der Waals surface area contributed by atoms with Crippen molar-refractivity contribution in [3.05, 3.63) is 12.4 Å². The number of hydrogen-bond acceptors (Lipinski definition) is 5. The molecule has 1 fully saturated rings. The van der Waals surface area contributed by atoms with Gasteiger partial charge in [-0.2, -0.15) is 0 Å². The number of ether oxygens (including phenoxy) is 1. The van der Waals surface area contributed by atoms with Gasteiger partial charge in [-0.1, -0.05) is 19.3 Å². The van der Waals surface area contributed by atoms with Crippen LogP contribution < -0.4 is 5.43 Å². The molecule has 6 heteroatoms. The molecule has 1 heterocycles. The van der Waals surface area contributed by atoms with Crippen molar-refractivity contribution < 1.29 is 14.3 Å². The third-order valence-corrected chi connectivity index (χ3v) is 4.03. The van der Waals surface area contributed by atoms with Gasteiger partial charge in [0.05, 0.1) is 7.11 Å². The lowest BCUT2D eigenvalue weighted by molar-refractivity contribution is -0.141. The summed E-state index contributed by atoms with van der Waals surface area (Å²) in [5.74, 6) is 0.147. The largest absolute Gasteiger partial charge is 0.468 e. The number of hydrazine groups is 1. The van der Waals surface area contributed by atoms with Gasteiger partial charge < -0.3 is 4.74 Å². The van der Waals surface area contributed by atoms with E-state index < -0.39 is 0 Å². The van der Waals surface area contributed by atoms with Crippen molar-refractivity contribution >= 4 is 11.9 Å². The Balaban J connectivity index is 2.03. The number of carbonyl (C=O) groups excluding carboxylic acids is 2. The highest BCUT2D eigenvalue weighted by Crippen LogP contribution is 2.32. The van der Waals surface area contributed by atoms with E-state index in [4.69, 9.17) is 0 Å². The van der Waals surface area contributed by atoms with Crippen LogP contribution in [-0.2, 0) is 14.3 Å². The fraction of sp³-hybridized carbons (Fsp3) is 0.714. The topological polar surface area (TPSA) is 61.9 Å². The molecular formula is C14H23N3O3. The van der Waals surface area contributed by atoms with E-state index in [1.807, 2.05) is 11.2 Å². The summed E-state index contributed by atoms with van der Waals surface area (Å²) in [5.41, 5.74) is 3.04. The van der Waals surface area contributed by atoms with Crippen molar-refractivity contribution in [1.82, 2.24) is 15.3 Å². The number of amides is 1. The summed E-state index contributed by atoms with van der Waals surface area (Å²) in [4.78, 5) is 24.8. The molecule has 0 aromatic rings. The Bertz CT molecular complexity index is 391. The first-order chi connectivity index (χ1) is 9.63. The summed E-state index contributed by atoms with van der Waals surface area (Å²) >= 11 is 0. The Labute approximate surface area is 119 Å². The lowest BCUT2D eigenvalue weighted by Gasteiger charge is -2.38. The molecule has 0 aromatic carbocycles. The van der Waals surface area contributed by atoms with Crippen molar-refractivity contribution in [3.63, 3.8) is 0 Å². The smallest absolute Gasteiger partial charge is 0.321 e. The zero-order valence-corrected chi connectivity index (χ0v) is 12.2. The van der Waals surface area contributed by atoms with Crippen molar-refractivity contribution in [2.24, 2.45) is 5.92 Å². The summed E-state index contributed by atoms with van der Waals surface area (Å²) in [6.45, 7) is 1.68. The molecule has 1 saturated carbocycles. The average molecular weight is 281 g/mol. The van der Waals surface area contributed by atoms with E-state index in [-0.39, 0.29) is 24.6 Å². The second-order valence-electron chi connectivity index (χ2n) is 5.35. The van der Waals surface area contributed by atoms with E-state index in [9.17, 15) is 9.59 Å². The Morgan fingerprint density at radius 1 is 1.25 bits per heavy atom. The first kappa shape index (κ1) is 14.8. The predicted molar refractivity (Wildman–Crippen MR) is 73.9 cm³/mol. The second-order valence-corrected chi connectivity index (χ2v) is 5.35. The number of rotatable bonds is 4. The van der Waals surface area contributed by atoms with E-state index in [1.165, 1.54) is 26.4 Å². The van der Waals surface area contributed by atoms with Crippen LogP contribution in [0.25, 0.3) is 0 Å². The number of nitrogens with zero attached hydrogens (tertiary/aromatic N) is 2. The summed E-state index contributed by atoms with van der Waals surface area (Å²) in [6, 6.07) is 0. The lowest BCUT2D eigenvalue weighted by atomic mass is 9.86. The maximum absolute atomic E-state index is 11.8. The third-order valence-electron chi connectivity index (χ3n) is 4.03. The first-order valence-electron chi connectivity index (χ1n) is 7.19. The van der Waals surface area contributed by atoms with Crippen LogP contribution in [0, 0.1) is 5.92 Å². The molecule has 0 radical (unpaired) electrons. The summed E-state index contributed by atoms with van der Waals surface area (Å²) in [5, 5.41) is 1.87. The predicted octanol–water partition coefficient (Wildman–Crippen LogP) is 1.21. The van der Waals surface area contributed by atoms with Crippen LogP contribution in [0.5, 0.6) is 0 Å². The minimum atomic E-state index is -0.318. The van der Waals surface area contributed by atoms with Crippen LogP contribution >= 0.6 is 0 Å². The third kappa shape index (κ3) is 3.30. The molecule has 2 aliphatic rings. The highest BCUT2D eigenvalue weighted by atomic mass is 16.5. The molecule has 1 unspecified atom stereocenters. The van der Waals surface area contributed by atoms with E-state index in [0.717, 1.165) is 12.8 Å². The fourth-order valence-corrected chi connectivity index (χ4v) is 3.01. The summed E-state index contributed by atoms with van der Waals surface area (Å²) in [7, 11) is 1.37. The quantitative estimate of drug-likeness (QED) is 0.785. The van der Waals surface area contributed by atoms with Gasteiger partial charge in [0.1, 0.15) is 12.7 Å². The van der Waals surface area contributed by atoms with Gasteiger partial charge in [0.25, 0.3) is 0 Å². The van der Waals surface area contributed by atoms with E-state index >= 15 is 0 Å². The lowest BCUT2D eigenvalue weighted by Crippen LogP contribution is -2.52. The van der Waals surface area contributed by atoms with Crippen LogP contribution in [0.2, 0.25) is 0 Å². The zero-order valence-electron chi connectivity index (χ0n) is 12.2. The molecule has 0 aromatic heterocycles. The minimum absolute atomic E-state index is 0.0270. The average Bonchev–Trinajstić information content (AvgIpc) is 2.89. The van der Waals surface area contributed by atoms with Gasteiger partial charge in [0, 0.05) is 19.3 Å². The van der Waals surface area contributed by atoms with Crippen LogP contribution in [-0.4, -0.2) is 41.6 Å². The summed E-state index contributed by atoms with van der Waals surface area (Å²) < 4.78 is 4.63. The van der Waals surface area contributed by atoms with E-state index in [2.05, 4.69) is 10.2 Å². The van der Waals surface area contributed by atoms with Crippen LogP contribution in [0.3, 0.4) is 0 Å². The standard InChI is InChI=1S/C14H23N3O3/c1-11(18)16-8-9-17(15-10-13(19)20-2)14(16)12-6-4-3-5-7-12/h8-9,12,14-15H,3-7,10H2,1-2H3. The molecule has 1 aliphatic heterocycles. The summed E-state index contributed by atoms with van der Waals surface area (Å²) in [6.07, 6.45) is 9.49. The van der Waals surface area contributed by atoms with E-state index in [0.29, 0.717) is 5.92 Å². The Hall–Kier alpha value is -1.56. The molecule has 0 saturated heterocycles. The Morgan fingerprint density at radius 3 is 2.55 bits per heavy atom. The molecular weight excluding hydrogens is 258 g/mol. The zero-order chi connectivity index (χ0) is 14.5. The van der Waals surface area contributed by atoms with Crippen molar-refractivity contribution in [2.45, 2.75) is 45.2 Å². The number of esters is 1. The number of carbonyl (C=O) groups is 2. The van der Waals surface area contributed by atoms with Crippen LogP contribution in [0.1, 0.15) is 39.0 Å².